The van der Waals surface area contributed by atoms with Gasteiger partial charge in [-0.2, -0.15) is 0 Å². The van der Waals surface area contributed by atoms with Crippen LogP contribution in [0.4, 0.5) is 11.4 Å². The van der Waals surface area contributed by atoms with Gasteiger partial charge in [-0.25, -0.2) is 0 Å². The Morgan fingerprint density at radius 3 is 2.31 bits per heavy atom. The van der Waals surface area contributed by atoms with Crippen molar-refractivity contribution in [3.63, 3.8) is 0 Å². The van der Waals surface area contributed by atoms with E-state index in [1.807, 2.05) is 6.07 Å². The number of rotatable bonds is 8. The van der Waals surface area contributed by atoms with Crippen molar-refractivity contribution in [3.05, 3.63) is 46.5 Å². The van der Waals surface area contributed by atoms with Gasteiger partial charge in [0, 0.05) is 17.0 Å². The molecule has 0 aliphatic rings. The van der Waals surface area contributed by atoms with E-state index < -0.39 is 4.92 Å². The maximum atomic E-state index is 12.2. The molecule has 0 bridgehead atoms. The van der Waals surface area contributed by atoms with Gasteiger partial charge in [-0.1, -0.05) is 0 Å². The number of carbonyl (C=O) groups is 1. The number of hydrogen-bond donors (Lipinski definition) is 1. The molecule has 1 amide bonds. The third kappa shape index (κ3) is 4.79. The summed E-state index contributed by atoms with van der Waals surface area (Å²) in [5.41, 5.74) is 0.119. The lowest BCUT2D eigenvalue weighted by molar-refractivity contribution is -0.384. The molecular formula is C17H18N2O6S. The topological polar surface area (TPSA) is 99.9 Å². The highest BCUT2D eigenvalue weighted by molar-refractivity contribution is 8.00. The summed E-state index contributed by atoms with van der Waals surface area (Å²) in [4.78, 5) is 23.4. The molecule has 2 aromatic carbocycles. The second-order valence-electron chi connectivity index (χ2n) is 5.00. The maximum Gasteiger partial charge on any atom is 0.271 e. The molecule has 0 unspecified atom stereocenters. The number of anilines is 1. The minimum Gasteiger partial charge on any atom is -0.495 e. The summed E-state index contributed by atoms with van der Waals surface area (Å²) in [5, 5.41) is 13.5. The first-order valence-electron chi connectivity index (χ1n) is 7.45. The van der Waals surface area contributed by atoms with Gasteiger partial charge in [-0.15, -0.1) is 11.8 Å². The second-order valence-corrected chi connectivity index (χ2v) is 6.04. The van der Waals surface area contributed by atoms with Crippen LogP contribution in [0.15, 0.2) is 41.3 Å². The van der Waals surface area contributed by atoms with E-state index in [2.05, 4.69) is 5.32 Å². The summed E-state index contributed by atoms with van der Waals surface area (Å²) >= 11 is 1.30. The smallest absolute Gasteiger partial charge is 0.271 e. The Morgan fingerprint density at radius 2 is 1.69 bits per heavy atom. The monoisotopic (exact) mass is 378 g/mol. The Balaban J connectivity index is 2.05. The molecule has 0 saturated carbocycles. The van der Waals surface area contributed by atoms with Crippen molar-refractivity contribution in [3.8, 4) is 17.2 Å². The van der Waals surface area contributed by atoms with Gasteiger partial charge in [0.15, 0.2) is 11.5 Å². The fourth-order valence-electron chi connectivity index (χ4n) is 2.15. The first-order chi connectivity index (χ1) is 12.5. The summed E-state index contributed by atoms with van der Waals surface area (Å²) in [7, 11) is 4.51. The van der Waals surface area contributed by atoms with Crippen LogP contribution in [0.5, 0.6) is 17.2 Å². The van der Waals surface area contributed by atoms with Crippen LogP contribution in [-0.4, -0.2) is 37.9 Å². The molecule has 0 saturated heterocycles. The van der Waals surface area contributed by atoms with Gasteiger partial charge < -0.3 is 19.5 Å². The highest BCUT2D eigenvalue weighted by Crippen LogP contribution is 2.32. The van der Waals surface area contributed by atoms with Crippen molar-refractivity contribution >= 4 is 29.0 Å². The van der Waals surface area contributed by atoms with E-state index in [9.17, 15) is 14.9 Å². The Bertz CT molecular complexity index is 812. The quantitative estimate of drug-likeness (QED) is 0.427. The van der Waals surface area contributed by atoms with Crippen LogP contribution in [0.1, 0.15) is 0 Å². The summed E-state index contributed by atoms with van der Waals surface area (Å²) in [6.45, 7) is 0. The average molecular weight is 378 g/mol. The van der Waals surface area contributed by atoms with E-state index in [1.54, 1.807) is 19.2 Å². The predicted molar refractivity (Wildman–Crippen MR) is 98.5 cm³/mol. The summed E-state index contributed by atoms with van der Waals surface area (Å²) in [5.74, 6) is 1.31. The normalized spacial score (nSPS) is 10.1. The lowest BCUT2D eigenvalue weighted by Crippen LogP contribution is -2.14. The second kappa shape index (κ2) is 8.95. The van der Waals surface area contributed by atoms with E-state index in [-0.39, 0.29) is 23.0 Å². The first-order valence-corrected chi connectivity index (χ1v) is 8.44. The molecule has 0 aliphatic heterocycles. The molecule has 9 heteroatoms. The van der Waals surface area contributed by atoms with Crippen LogP contribution in [-0.2, 0) is 4.79 Å². The molecule has 0 atom stereocenters. The largest absolute Gasteiger partial charge is 0.495 e. The third-order valence-electron chi connectivity index (χ3n) is 3.39. The lowest BCUT2D eigenvalue weighted by Gasteiger charge is -2.11. The molecule has 0 spiro atoms. The number of methoxy groups -OCH3 is 3. The molecule has 0 heterocycles. The van der Waals surface area contributed by atoms with Crippen molar-refractivity contribution in [2.45, 2.75) is 4.90 Å². The van der Waals surface area contributed by atoms with E-state index in [1.165, 1.54) is 44.2 Å². The number of benzene rings is 2. The molecular weight excluding hydrogens is 360 g/mol. The van der Waals surface area contributed by atoms with E-state index in [0.717, 1.165) is 4.90 Å². The van der Waals surface area contributed by atoms with Gasteiger partial charge in [0.25, 0.3) is 5.69 Å². The highest BCUT2D eigenvalue weighted by atomic mass is 32.2. The molecule has 0 aromatic heterocycles. The Kier molecular flexibility index (Phi) is 6.67. The average Bonchev–Trinajstić information content (AvgIpc) is 2.65. The number of nitrogens with zero attached hydrogens (tertiary/aromatic N) is 1. The molecule has 1 N–H and O–H groups in total. The Hall–Kier alpha value is -2.94. The Labute approximate surface area is 154 Å². The van der Waals surface area contributed by atoms with Crippen LogP contribution in [0.2, 0.25) is 0 Å². The molecule has 2 rings (SSSR count). The third-order valence-corrected chi connectivity index (χ3v) is 4.39. The Morgan fingerprint density at radius 1 is 1.04 bits per heavy atom. The van der Waals surface area contributed by atoms with Gasteiger partial charge in [0.1, 0.15) is 5.75 Å². The van der Waals surface area contributed by atoms with Gasteiger partial charge in [-0.05, 0) is 24.3 Å². The van der Waals surface area contributed by atoms with Crippen molar-refractivity contribution < 1.29 is 23.9 Å². The van der Waals surface area contributed by atoms with Crippen molar-refractivity contribution in [2.24, 2.45) is 0 Å². The summed E-state index contributed by atoms with van der Waals surface area (Å²) in [6.07, 6.45) is 0. The maximum absolute atomic E-state index is 12.2. The van der Waals surface area contributed by atoms with Gasteiger partial charge in [-0.3, -0.25) is 14.9 Å². The molecule has 8 nitrogen and oxygen atoms in total. The van der Waals surface area contributed by atoms with E-state index in [4.69, 9.17) is 14.2 Å². The molecule has 2 aromatic rings. The number of nitro groups is 1. The molecule has 26 heavy (non-hydrogen) atoms. The SMILES string of the molecule is COc1ccc([N+](=O)[O-])cc1NC(=O)CSc1ccc(OC)c(OC)c1. The molecule has 0 fully saturated rings. The molecule has 0 aliphatic carbocycles. The zero-order chi connectivity index (χ0) is 19.1. The number of hydrogen-bond acceptors (Lipinski definition) is 7. The van der Waals surface area contributed by atoms with Crippen molar-refractivity contribution in [1.82, 2.24) is 0 Å². The number of thioether (sulfide) groups is 1. The number of carbonyl (C=O) groups excluding carboxylic acids is 1. The number of amides is 1. The summed E-state index contributed by atoms with van der Waals surface area (Å²) < 4.78 is 15.5. The van der Waals surface area contributed by atoms with E-state index in [0.29, 0.717) is 17.2 Å². The van der Waals surface area contributed by atoms with Crippen LogP contribution >= 0.6 is 11.8 Å². The highest BCUT2D eigenvalue weighted by Gasteiger charge is 2.14. The van der Waals surface area contributed by atoms with Gasteiger partial charge >= 0.3 is 0 Å². The lowest BCUT2D eigenvalue weighted by atomic mass is 10.2. The minimum atomic E-state index is -0.534. The van der Waals surface area contributed by atoms with Crippen molar-refractivity contribution in [1.29, 1.82) is 0 Å². The first kappa shape index (κ1) is 19.4. The standard InChI is InChI=1S/C17H18N2O6S/c1-23-14-6-4-11(19(21)22)8-13(14)18-17(20)10-26-12-5-7-15(24-2)16(9-12)25-3/h4-9H,10H2,1-3H3,(H,18,20). The van der Waals surface area contributed by atoms with Crippen LogP contribution in [0.3, 0.4) is 0 Å². The van der Waals surface area contributed by atoms with Crippen molar-refractivity contribution in [2.75, 3.05) is 32.4 Å². The fraction of sp³-hybridized carbons (Fsp3) is 0.235. The minimum absolute atomic E-state index is 0.112. The van der Waals surface area contributed by atoms with Crippen LogP contribution in [0, 0.1) is 10.1 Å². The van der Waals surface area contributed by atoms with Crippen LogP contribution in [0.25, 0.3) is 0 Å². The van der Waals surface area contributed by atoms with Gasteiger partial charge in [0.2, 0.25) is 5.91 Å². The zero-order valence-electron chi connectivity index (χ0n) is 14.5. The predicted octanol–water partition coefficient (Wildman–Crippen LogP) is 3.35. The number of non-ortho nitro benzene ring substituents is 1. The molecule has 138 valence electrons. The summed E-state index contributed by atoms with van der Waals surface area (Å²) in [6, 6.07) is 9.35. The van der Waals surface area contributed by atoms with E-state index >= 15 is 0 Å². The number of ether oxygens (including phenoxy) is 3. The number of nitrogens with one attached hydrogen (secondary N) is 1. The number of nitro benzene ring substituents is 1. The zero-order valence-corrected chi connectivity index (χ0v) is 15.3. The molecule has 0 radical (unpaired) electrons. The van der Waals surface area contributed by atoms with Gasteiger partial charge in [0.05, 0.1) is 37.7 Å². The van der Waals surface area contributed by atoms with Crippen LogP contribution < -0.4 is 19.5 Å². The fourth-order valence-corrected chi connectivity index (χ4v) is 2.87.